The number of thiophene rings is 1. The first-order valence-electron chi connectivity index (χ1n) is 5.70. The molecule has 3 rings (SSSR count). The molecule has 4 nitrogen and oxygen atoms in total. The Balaban J connectivity index is 2.00. The van der Waals surface area contributed by atoms with Gasteiger partial charge in [0.15, 0.2) is 0 Å². The molecular weight excluding hydrogens is 281 g/mol. The molecule has 0 aliphatic heterocycles. The normalized spacial score (nSPS) is 10.8. The minimum atomic E-state index is -1.12. The number of H-pyrrole nitrogens is 1. The van der Waals surface area contributed by atoms with Gasteiger partial charge in [0.1, 0.15) is 11.5 Å². The number of halogens is 1. The maximum absolute atomic E-state index is 13.1. The third-order valence-electron chi connectivity index (χ3n) is 2.88. The third kappa shape index (κ3) is 2.10. The van der Waals surface area contributed by atoms with Crippen LogP contribution in [0.4, 0.5) is 4.39 Å². The molecule has 0 atom stereocenters. The molecule has 20 heavy (non-hydrogen) atoms. The highest BCUT2D eigenvalue weighted by Crippen LogP contribution is 2.28. The number of ketones is 1. The topological polar surface area (TPSA) is 70.2 Å². The van der Waals surface area contributed by atoms with Gasteiger partial charge in [-0.1, -0.05) is 6.07 Å². The van der Waals surface area contributed by atoms with Crippen LogP contribution < -0.4 is 0 Å². The molecule has 0 unspecified atom stereocenters. The van der Waals surface area contributed by atoms with Gasteiger partial charge in [-0.25, -0.2) is 9.18 Å². The van der Waals surface area contributed by atoms with E-state index in [9.17, 15) is 14.0 Å². The van der Waals surface area contributed by atoms with Crippen molar-refractivity contribution in [1.82, 2.24) is 4.98 Å². The quantitative estimate of drug-likeness (QED) is 0.727. The van der Waals surface area contributed by atoms with Crippen molar-refractivity contribution in [1.29, 1.82) is 0 Å². The first-order chi connectivity index (χ1) is 9.54. The van der Waals surface area contributed by atoms with Crippen LogP contribution in [-0.2, 0) is 0 Å². The van der Waals surface area contributed by atoms with Gasteiger partial charge >= 0.3 is 5.97 Å². The SMILES string of the molecule is O=C(O)c1cc(C(=O)c2cc3ccc(F)cc3s2)c[nH]1. The van der Waals surface area contributed by atoms with E-state index < -0.39 is 5.97 Å². The fraction of sp³-hybridized carbons (Fsp3) is 0. The number of benzene rings is 1. The number of aromatic carboxylic acids is 1. The van der Waals surface area contributed by atoms with E-state index in [1.54, 1.807) is 12.1 Å². The summed E-state index contributed by atoms with van der Waals surface area (Å²) in [5, 5.41) is 9.60. The van der Waals surface area contributed by atoms with Crippen molar-refractivity contribution in [3.05, 3.63) is 58.5 Å². The van der Waals surface area contributed by atoms with Crippen LogP contribution in [0.5, 0.6) is 0 Å². The van der Waals surface area contributed by atoms with Crippen LogP contribution in [0.25, 0.3) is 10.1 Å². The molecule has 0 amide bonds. The van der Waals surface area contributed by atoms with E-state index in [0.717, 1.165) is 5.39 Å². The largest absolute Gasteiger partial charge is 0.477 e. The van der Waals surface area contributed by atoms with Gasteiger partial charge in [0.2, 0.25) is 5.78 Å². The van der Waals surface area contributed by atoms with E-state index in [0.29, 0.717) is 9.58 Å². The van der Waals surface area contributed by atoms with Gasteiger partial charge in [-0.15, -0.1) is 11.3 Å². The summed E-state index contributed by atoms with van der Waals surface area (Å²) in [6.07, 6.45) is 1.36. The molecule has 0 fully saturated rings. The number of hydrogen-bond donors (Lipinski definition) is 2. The molecule has 6 heteroatoms. The summed E-state index contributed by atoms with van der Waals surface area (Å²) in [5.41, 5.74) is 0.231. The van der Waals surface area contributed by atoms with Crippen molar-refractivity contribution < 1.29 is 19.1 Å². The number of fused-ring (bicyclic) bond motifs is 1. The fourth-order valence-corrected chi connectivity index (χ4v) is 2.96. The monoisotopic (exact) mass is 289 g/mol. The standard InChI is InChI=1S/C14H8FNO3S/c15-9-2-1-7-4-12(20-11(7)5-9)13(17)8-3-10(14(18)19)16-6-8/h1-6,16H,(H,18,19). The number of hydrogen-bond acceptors (Lipinski definition) is 3. The molecule has 1 aromatic carbocycles. The second-order valence-corrected chi connectivity index (χ2v) is 5.31. The van der Waals surface area contributed by atoms with Crippen molar-refractivity contribution in [2.45, 2.75) is 0 Å². The maximum Gasteiger partial charge on any atom is 0.352 e. The minimum Gasteiger partial charge on any atom is -0.477 e. The molecular formula is C14H8FNO3S. The maximum atomic E-state index is 13.1. The highest BCUT2D eigenvalue weighted by Gasteiger charge is 2.16. The molecule has 0 saturated heterocycles. The van der Waals surface area contributed by atoms with Crippen LogP contribution >= 0.6 is 11.3 Å². The van der Waals surface area contributed by atoms with Gasteiger partial charge in [-0.3, -0.25) is 4.79 Å². The summed E-state index contributed by atoms with van der Waals surface area (Å²) in [6.45, 7) is 0. The summed E-state index contributed by atoms with van der Waals surface area (Å²) in [5.74, 6) is -1.76. The van der Waals surface area contributed by atoms with Crippen molar-refractivity contribution in [2.24, 2.45) is 0 Å². The Labute approximate surface area is 116 Å². The van der Waals surface area contributed by atoms with Gasteiger partial charge in [0.25, 0.3) is 0 Å². The number of carbonyl (C=O) groups is 2. The van der Waals surface area contributed by atoms with Crippen molar-refractivity contribution in [2.75, 3.05) is 0 Å². The molecule has 0 bridgehead atoms. The third-order valence-corrected chi connectivity index (χ3v) is 3.98. The molecule has 2 heterocycles. The molecule has 0 aliphatic rings. The Hall–Kier alpha value is -2.47. The predicted molar refractivity (Wildman–Crippen MR) is 73.0 cm³/mol. The van der Waals surface area contributed by atoms with Gasteiger partial charge in [0.05, 0.1) is 4.88 Å². The Morgan fingerprint density at radius 1 is 1.20 bits per heavy atom. The van der Waals surface area contributed by atoms with E-state index >= 15 is 0 Å². The molecule has 0 aliphatic carbocycles. The zero-order valence-electron chi connectivity index (χ0n) is 10.0. The summed E-state index contributed by atoms with van der Waals surface area (Å²) >= 11 is 1.18. The number of carboxylic acid groups (broad SMARTS) is 1. The van der Waals surface area contributed by atoms with Crippen molar-refractivity contribution in [3.63, 3.8) is 0 Å². The Morgan fingerprint density at radius 2 is 2.00 bits per heavy atom. The number of aromatic amines is 1. The minimum absolute atomic E-state index is 0.0412. The summed E-state index contributed by atoms with van der Waals surface area (Å²) in [4.78, 5) is 26.0. The molecule has 0 spiro atoms. The second kappa shape index (κ2) is 4.57. The van der Waals surface area contributed by atoms with Crippen LogP contribution in [0.1, 0.15) is 25.7 Å². The van der Waals surface area contributed by atoms with Crippen LogP contribution in [0.3, 0.4) is 0 Å². The fourth-order valence-electron chi connectivity index (χ4n) is 1.91. The van der Waals surface area contributed by atoms with Gasteiger partial charge < -0.3 is 10.1 Å². The first kappa shape index (κ1) is 12.6. The lowest BCUT2D eigenvalue weighted by molar-refractivity contribution is 0.0691. The smallest absolute Gasteiger partial charge is 0.352 e. The molecule has 2 N–H and O–H groups in total. The van der Waals surface area contributed by atoms with Crippen molar-refractivity contribution in [3.8, 4) is 0 Å². The van der Waals surface area contributed by atoms with E-state index in [2.05, 4.69) is 4.98 Å². The van der Waals surface area contributed by atoms with Crippen molar-refractivity contribution >= 4 is 33.2 Å². The number of carboxylic acids is 1. The Kier molecular flexibility index (Phi) is 2.87. The zero-order valence-corrected chi connectivity index (χ0v) is 10.8. The number of carbonyl (C=O) groups excluding carboxylic acids is 1. The summed E-state index contributed by atoms with van der Waals surface area (Å²) < 4.78 is 13.8. The molecule has 100 valence electrons. The van der Waals surface area contributed by atoms with E-state index in [1.165, 1.54) is 35.7 Å². The van der Waals surface area contributed by atoms with Crippen LogP contribution in [-0.4, -0.2) is 21.8 Å². The summed E-state index contributed by atoms with van der Waals surface area (Å²) in [7, 11) is 0. The zero-order chi connectivity index (χ0) is 14.3. The van der Waals surface area contributed by atoms with E-state index in [4.69, 9.17) is 5.11 Å². The van der Waals surface area contributed by atoms with E-state index in [1.807, 2.05) is 0 Å². The molecule has 0 saturated carbocycles. The van der Waals surface area contributed by atoms with Gasteiger partial charge in [-0.05, 0) is 29.7 Å². The van der Waals surface area contributed by atoms with Crippen LogP contribution in [0, 0.1) is 5.82 Å². The number of rotatable bonds is 3. The Bertz CT molecular complexity index is 834. The average molecular weight is 289 g/mol. The highest BCUT2D eigenvalue weighted by molar-refractivity contribution is 7.21. The molecule has 3 aromatic rings. The second-order valence-electron chi connectivity index (χ2n) is 4.23. The molecule has 2 aromatic heterocycles. The Morgan fingerprint density at radius 3 is 2.70 bits per heavy atom. The van der Waals surface area contributed by atoms with Crippen LogP contribution in [0.2, 0.25) is 0 Å². The molecule has 0 radical (unpaired) electrons. The van der Waals surface area contributed by atoms with Crippen LogP contribution in [0.15, 0.2) is 36.5 Å². The van der Waals surface area contributed by atoms with Gasteiger partial charge in [-0.2, -0.15) is 0 Å². The lowest BCUT2D eigenvalue weighted by atomic mass is 10.1. The number of aromatic nitrogens is 1. The predicted octanol–water partition coefficient (Wildman–Crippen LogP) is 3.30. The average Bonchev–Trinajstić information content (AvgIpc) is 3.03. The van der Waals surface area contributed by atoms with Gasteiger partial charge in [0, 0.05) is 16.5 Å². The van der Waals surface area contributed by atoms with E-state index in [-0.39, 0.29) is 22.9 Å². The number of nitrogens with one attached hydrogen (secondary N) is 1. The summed E-state index contributed by atoms with van der Waals surface area (Å²) in [6, 6.07) is 7.28. The first-order valence-corrected chi connectivity index (χ1v) is 6.52. The lowest BCUT2D eigenvalue weighted by Crippen LogP contribution is -1.97. The highest BCUT2D eigenvalue weighted by atomic mass is 32.1. The lowest BCUT2D eigenvalue weighted by Gasteiger charge is -1.91.